The molecule has 2 heterocycles. The Morgan fingerprint density at radius 3 is 2.43 bits per heavy atom. The second-order valence-electron chi connectivity index (χ2n) is 7.44. The van der Waals surface area contributed by atoms with Gasteiger partial charge in [0, 0.05) is 31.2 Å². The molecule has 1 aromatic heterocycles. The summed E-state index contributed by atoms with van der Waals surface area (Å²) in [5.41, 5.74) is 2.15. The fourth-order valence-corrected chi connectivity index (χ4v) is 4.20. The Bertz CT molecular complexity index is 952. The van der Waals surface area contributed by atoms with Crippen molar-refractivity contribution >= 4 is 11.6 Å². The molecular weight excluding hydrogens is 400 g/mol. The van der Waals surface area contributed by atoms with Crippen molar-refractivity contribution in [2.45, 2.75) is 19.5 Å². The standard InChI is InChI=1S/C22H27ClN6O/c1-3-27-12-14-28(15-13-27)21(19-6-4-5-7-20(19)23)22-24-25-26-29(22)16-17-8-10-18(30-2)11-9-17/h4-11,21H,3,12-16H2,1-2H3/t21-/m0/s1. The lowest BCUT2D eigenvalue weighted by atomic mass is 10.0. The third-order valence-corrected chi connectivity index (χ3v) is 6.06. The average molecular weight is 427 g/mol. The molecule has 0 radical (unpaired) electrons. The van der Waals surface area contributed by atoms with Gasteiger partial charge in [-0.15, -0.1) is 5.10 Å². The van der Waals surface area contributed by atoms with Crippen molar-refractivity contribution in [1.29, 1.82) is 0 Å². The van der Waals surface area contributed by atoms with E-state index in [4.69, 9.17) is 16.3 Å². The van der Waals surface area contributed by atoms with Crippen LogP contribution in [0.15, 0.2) is 48.5 Å². The summed E-state index contributed by atoms with van der Waals surface area (Å²) in [5, 5.41) is 13.5. The van der Waals surface area contributed by atoms with E-state index < -0.39 is 0 Å². The zero-order valence-corrected chi connectivity index (χ0v) is 18.2. The average Bonchev–Trinajstić information content (AvgIpc) is 3.24. The van der Waals surface area contributed by atoms with Gasteiger partial charge in [0.05, 0.1) is 19.7 Å². The van der Waals surface area contributed by atoms with E-state index in [0.29, 0.717) is 6.54 Å². The molecule has 0 unspecified atom stereocenters. The zero-order valence-electron chi connectivity index (χ0n) is 17.4. The van der Waals surface area contributed by atoms with Crippen molar-refractivity contribution in [3.8, 4) is 5.75 Å². The molecule has 1 aliphatic rings. The number of nitrogens with zero attached hydrogens (tertiary/aromatic N) is 6. The van der Waals surface area contributed by atoms with Gasteiger partial charge in [-0.3, -0.25) is 4.90 Å². The van der Waals surface area contributed by atoms with Gasteiger partial charge in [0.25, 0.3) is 0 Å². The van der Waals surface area contributed by atoms with Crippen LogP contribution in [-0.2, 0) is 6.54 Å². The molecule has 7 nitrogen and oxygen atoms in total. The van der Waals surface area contributed by atoms with Gasteiger partial charge in [0.15, 0.2) is 5.82 Å². The van der Waals surface area contributed by atoms with E-state index in [2.05, 4.69) is 38.3 Å². The molecule has 0 N–H and O–H groups in total. The van der Waals surface area contributed by atoms with Crippen LogP contribution in [0.25, 0.3) is 0 Å². The normalized spacial score (nSPS) is 16.5. The van der Waals surface area contributed by atoms with Crippen LogP contribution in [0.1, 0.15) is 29.9 Å². The molecule has 0 saturated carbocycles. The molecule has 2 aromatic carbocycles. The molecule has 158 valence electrons. The minimum Gasteiger partial charge on any atom is -0.497 e. The van der Waals surface area contributed by atoms with Gasteiger partial charge in [0.1, 0.15) is 5.75 Å². The summed E-state index contributed by atoms with van der Waals surface area (Å²) in [6.45, 7) is 7.80. The topological polar surface area (TPSA) is 59.3 Å². The highest BCUT2D eigenvalue weighted by Gasteiger charge is 2.31. The Morgan fingerprint density at radius 2 is 1.77 bits per heavy atom. The maximum absolute atomic E-state index is 6.63. The van der Waals surface area contributed by atoms with Crippen LogP contribution in [0, 0.1) is 0 Å². The van der Waals surface area contributed by atoms with Crippen LogP contribution < -0.4 is 4.74 Å². The quantitative estimate of drug-likeness (QED) is 0.578. The van der Waals surface area contributed by atoms with Crippen LogP contribution in [-0.4, -0.2) is 69.8 Å². The Balaban J connectivity index is 1.66. The zero-order chi connectivity index (χ0) is 20.9. The Kier molecular flexibility index (Phi) is 6.62. The molecule has 4 rings (SSSR count). The largest absolute Gasteiger partial charge is 0.497 e. The predicted octanol–water partition coefficient (Wildman–Crippen LogP) is 3.11. The fraction of sp³-hybridized carbons (Fsp3) is 0.409. The number of benzene rings is 2. The van der Waals surface area contributed by atoms with Gasteiger partial charge >= 0.3 is 0 Å². The summed E-state index contributed by atoms with van der Waals surface area (Å²) in [6, 6.07) is 15.9. The Labute approximate surface area is 182 Å². The first kappa shape index (κ1) is 20.8. The van der Waals surface area contributed by atoms with Crippen LogP contribution in [0.3, 0.4) is 0 Å². The summed E-state index contributed by atoms with van der Waals surface area (Å²) in [4.78, 5) is 4.89. The lowest BCUT2D eigenvalue weighted by molar-refractivity contribution is 0.108. The SMILES string of the molecule is CCN1CCN([C@@H](c2ccccc2Cl)c2nnnn2Cc2ccc(OC)cc2)CC1. The van der Waals surface area contributed by atoms with Crippen molar-refractivity contribution in [1.82, 2.24) is 30.0 Å². The summed E-state index contributed by atoms with van der Waals surface area (Å²) < 4.78 is 7.14. The number of piperazine rings is 1. The molecule has 1 atom stereocenters. The number of aromatic nitrogens is 4. The van der Waals surface area contributed by atoms with E-state index in [1.54, 1.807) is 7.11 Å². The summed E-state index contributed by atoms with van der Waals surface area (Å²) >= 11 is 6.63. The molecule has 3 aromatic rings. The van der Waals surface area contributed by atoms with Gasteiger partial charge in [0.2, 0.25) is 0 Å². The van der Waals surface area contributed by atoms with E-state index in [-0.39, 0.29) is 6.04 Å². The number of likely N-dealkylation sites (N-methyl/N-ethyl adjacent to an activating group) is 1. The summed E-state index contributed by atoms with van der Waals surface area (Å²) in [6.07, 6.45) is 0. The Hall–Kier alpha value is -2.48. The number of tetrazole rings is 1. The number of rotatable bonds is 7. The van der Waals surface area contributed by atoms with Crippen LogP contribution in [0.2, 0.25) is 5.02 Å². The second kappa shape index (κ2) is 9.55. The molecule has 30 heavy (non-hydrogen) atoms. The molecule has 0 aliphatic carbocycles. The van der Waals surface area contributed by atoms with E-state index in [0.717, 1.165) is 60.4 Å². The smallest absolute Gasteiger partial charge is 0.173 e. The maximum Gasteiger partial charge on any atom is 0.173 e. The number of hydrogen-bond donors (Lipinski definition) is 0. The minimum atomic E-state index is -0.0917. The van der Waals surface area contributed by atoms with E-state index >= 15 is 0 Å². The second-order valence-corrected chi connectivity index (χ2v) is 7.84. The van der Waals surface area contributed by atoms with Crippen LogP contribution in [0.5, 0.6) is 5.75 Å². The maximum atomic E-state index is 6.63. The van der Waals surface area contributed by atoms with Crippen LogP contribution in [0.4, 0.5) is 0 Å². The number of halogens is 1. The van der Waals surface area contributed by atoms with Crippen molar-refractivity contribution in [2.24, 2.45) is 0 Å². The number of methoxy groups -OCH3 is 1. The fourth-order valence-electron chi connectivity index (χ4n) is 3.96. The first-order valence-corrected chi connectivity index (χ1v) is 10.7. The van der Waals surface area contributed by atoms with Gasteiger partial charge in [-0.1, -0.05) is 48.9 Å². The van der Waals surface area contributed by atoms with Crippen molar-refractivity contribution in [3.63, 3.8) is 0 Å². The highest BCUT2D eigenvalue weighted by molar-refractivity contribution is 6.31. The van der Waals surface area contributed by atoms with Crippen LogP contribution >= 0.6 is 11.6 Å². The molecule has 1 saturated heterocycles. The lowest BCUT2D eigenvalue weighted by Crippen LogP contribution is -2.48. The lowest BCUT2D eigenvalue weighted by Gasteiger charge is -2.38. The number of ether oxygens (including phenoxy) is 1. The van der Waals surface area contributed by atoms with E-state index in [1.165, 1.54) is 0 Å². The van der Waals surface area contributed by atoms with Gasteiger partial charge in [-0.2, -0.15) is 0 Å². The first-order chi connectivity index (χ1) is 14.7. The van der Waals surface area contributed by atoms with Crippen molar-refractivity contribution in [2.75, 3.05) is 39.8 Å². The monoisotopic (exact) mass is 426 g/mol. The molecule has 0 spiro atoms. The molecule has 1 fully saturated rings. The molecule has 0 amide bonds. The molecule has 1 aliphatic heterocycles. The molecule has 8 heteroatoms. The predicted molar refractivity (Wildman–Crippen MR) is 117 cm³/mol. The highest BCUT2D eigenvalue weighted by atomic mass is 35.5. The number of hydrogen-bond acceptors (Lipinski definition) is 6. The highest BCUT2D eigenvalue weighted by Crippen LogP contribution is 2.33. The third-order valence-electron chi connectivity index (χ3n) is 5.71. The van der Waals surface area contributed by atoms with Gasteiger partial charge < -0.3 is 9.64 Å². The van der Waals surface area contributed by atoms with E-state index in [9.17, 15) is 0 Å². The van der Waals surface area contributed by atoms with Gasteiger partial charge in [-0.25, -0.2) is 4.68 Å². The van der Waals surface area contributed by atoms with Crippen molar-refractivity contribution in [3.05, 3.63) is 70.5 Å². The summed E-state index contributed by atoms with van der Waals surface area (Å²) in [7, 11) is 1.67. The molecular formula is C22H27ClN6O. The minimum absolute atomic E-state index is 0.0917. The third kappa shape index (κ3) is 4.48. The van der Waals surface area contributed by atoms with Crippen molar-refractivity contribution < 1.29 is 4.74 Å². The Morgan fingerprint density at radius 1 is 1.03 bits per heavy atom. The van der Waals surface area contributed by atoms with Gasteiger partial charge in [-0.05, 0) is 46.3 Å². The molecule has 0 bridgehead atoms. The van der Waals surface area contributed by atoms with E-state index in [1.807, 2.05) is 47.1 Å². The summed E-state index contributed by atoms with van der Waals surface area (Å²) in [5.74, 6) is 1.64. The first-order valence-electron chi connectivity index (χ1n) is 10.3.